The van der Waals surface area contributed by atoms with Gasteiger partial charge in [-0.2, -0.15) is 8.42 Å². The van der Waals surface area contributed by atoms with Gasteiger partial charge in [-0.3, -0.25) is 9.58 Å². The molecule has 3 rings (SSSR count). The number of nitrogens with zero attached hydrogens (tertiary/aromatic N) is 3. The summed E-state index contributed by atoms with van der Waals surface area (Å²) in [6.45, 7) is 14.7. The minimum Gasteiger partial charge on any atom is -0.497 e. The van der Waals surface area contributed by atoms with Gasteiger partial charge in [-0.05, 0) is 55.3 Å². The van der Waals surface area contributed by atoms with E-state index in [0.29, 0.717) is 18.3 Å². The molecule has 2 aromatic rings. The predicted octanol–water partition coefficient (Wildman–Crippen LogP) is 5.13. The van der Waals surface area contributed by atoms with Gasteiger partial charge in [-0.15, -0.1) is 5.10 Å². The Morgan fingerprint density at radius 1 is 1.23 bits per heavy atom. The molecule has 1 aromatic carbocycles. The van der Waals surface area contributed by atoms with E-state index < -0.39 is 10.1 Å². The lowest BCUT2D eigenvalue weighted by Crippen LogP contribution is -2.28. The van der Waals surface area contributed by atoms with E-state index >= 15 is 0 Å². The number of likely N-dealkylation sites (tertiary alicyclic amines) is 1. The lowest BCUT2D eigenvalue weighted by molar-refractivity contribution is 0.240. The molecule has 0 aliphatic carbocycles. The summed E-state index contributed by atoms with van der Waals surface area (Å²) >= 11 is 0. The Kier molecular flexibility index (Phi) is 8.49. The molecule has 7 nitrogen and oxygen atoms in total. The number of hydrogen-bond donors (Lipinski definition) is 0. The smallest absolute Gasteiger partial charge is 0.307 e. The molecule has 0 unspecified atom stereocenters. The standard InChI is InChI=1S/C27H39N3O4S/c1-20(33-6)10-11-22-12-14-23(15-13-22)24-9-8-16-29(24)17-18-30-25(19-27(3,4)5)21(2)26(28-30)34-35(7,31)32/h10-15,24H,1,8-9,16-19H2,2-7H3/b11-10+/t24-/m0/s1. The molecule has 1 aromatic heterocycles. The molecule has 0 bridgehead atoms. The molecule has 0 N–H and O–H groups in total. The van der Waals surface area contributed by atoms with Gasteiger partial charge in [0.05, 0.1) is 19.9 Å². The summed E-state index contributed by atoms with van der Waals surface area (Å²) < 4.78 is 35.7. The van der Waals surface area contributed by atoms with E-state index in [0.717, 1.165) is 55.4 Å². The summed E-state index contributed by atoms with van der Waals surface area (Å²) in [6, 6.07) is 8.99. The highest BCUT2D eigenvalue weighted by atomic mass is 32.2. The van der Waals surface area contributed by atoms with Gasteiger partial charge in [-0.25, -0.2) is 0 Å². The maximum atomic E-state index is 11.7. The molecule has 1 saturated heterocycles. The fraction of sp³-hybridized carbons (Fsp3) is 0.519. The average molecular weight is 502 g/mol. The summed E-state index contributed by atoms with van der Waals surface area (Å²) in [5, 5.41) is 4.55. The van der Waals surface area contributed by atoms with Crippen molar-refractivity contribution in [3.05, 3.63) is 65.1 Å². The van der Waals surface area contributed by atoms with Crippen LogP contribution in [0.25, 0.3) is 6.08 Å². The van der Waals surface area contributed by atoms with Crippen molar-refractivity contribution >= 4 is 16.2 Å². The van der Waals surface area contributed by atoms with Crippen LogP contribution in [0.15, 0.2) is 42.7 Å². The molecule has 1 fully saturated rings. The van der Waals surface area contributed by atoms with Crippen molar-refractivity contribution in [1.82, 2.24) is 14.7 Å². The second kappa shape index (κ2) is 11.0. The Morgan fingerprint density at radius 3 is 2.51 bits per heavy atom. The fourth-order valence-corrected chi connectivity index (χ4v) is 4.92. The fourth-order valence-electron chi connectivity index (χ4n) is 4.48. The highest BCUT2D eigenvalue weighted by Gasteiger charge is 2.27. The van der Waals surface area contributed by atoms with Crippen LogP contribution in [0.1, 0.15) is 62.0 Å². The second-order valence-corrected chi connectivity index (χ2v) is 12.1. The van der Waals surface area contributed by atoms with Gasteiger partial charge in [0.2, 0.25) is 0 Å². The molecule has 1 aliphatic rings. The Hall–Kier alpha value is -2.58. The average Bonchev–Trinajstić information content (AvgIpc) is 3.34. The SMILES string of the molecule is C=C(/C=C/c1ccc([C@@H]2CCCN2CCn2nc(OS(C)(=O)=O)c(C)c2CC(C)(C)C)cc1)OC. The molecule has 8 heteroatoms. The molecule has 0 saturated carbocycles. The van der Waals surface area contributed by atoms with Crippen LogP contribution in [0.3, 0.4) is 0 Å². The van der Waals surface area contributed by atoms with Gasteiger partial charge >= 0.3 is 10.1 Å². The first-order valence-electron chi connectivity index (χ1n) is 12.1. The Balaban J connectivity index is 1.75. The van der Waals surface area contributed by atoms with Crippen molar-refractivity contribution < 1.29 is 17.3 Å². The maximum absolute atomic E-state index is 11.7. The molecule has 0 radical (unpaired) electrons. The van der Waals surface area contributed by atoms with Crippen molar-refractivity contribution in [3.8, 4) is 5.88 Å². The number of hydrogen-bond acceptors (Lipinski definition) is 6. The van der Waals surface area contributed by atoms with Crippen molar-refractivity contribution in [1.29, 1.82) is 0 Å². The highest BCUT2D eigenvalue weighted by molar-refractivity contribution is 7.86. The van der Waals surface area contributed by atoms with Crippen LogP contribution >= 0.6 is 0 Å². The van der Waals surface area contributed by atoms with E-state index in [1.807, 2.05) is 23.8 Å². The van der Waals surface area contributed by atoms with Crippen LogP contribution < -0.4 is 4.18 Å². The zero-order valence-electron chi connectivity index (χ0n) is 21.9. The van der Waals surface area contributed by atoms with Gasteiger partial charge in [0, 0.05) is 23.8 Å². The maximum Gasteiger partial charge on any atom is 0.307 e. The largest absolute Gasteiger partial charge is 0.497 e. The first-order chi connectivity index (χ1) is 16.4. The van der Waals surface area contributed by atoms with Crippen molar-refractivity contribution in [3.63, 3.8) is 0 Å². The topological polar surface area (TPSA) is 73.7 Å². The molecular weight excluding hydrogens is 462 g/mol. The minimum absolute atomic E-state index is 0.0346. The van der Waals surface area contributed by atoms with Crippen LogP contribution in [0, 0.1) is 12.3 Å². The number of ether oxygens (including phenoxy) is 1. The third-order valence-electron chi connectivity index (χ3n) is 6.21. The normalized spacial score (nSPS) is 17.3. The zero-order chi connectivity index (χ0) is 25.8. The third kappa shape index (κ3) is 7.70. The second-order valence-electron chi connectivity index (χ2n) is 10.5. The van der Waals surface area contributed by atoms with Crippen LogP contribution in [-0.2, 0) is 27.8 Å². The monoisotopic (exact) mass is 501 g/mol. The highest BCUT2D eigenvalue weighted by Crippen LogP contribution is 2.33. The molecule has 0 spiro atoms. The van der Waals surface area contributed by atoms with Crippen molar-refractivity contribution in [2.75, 3.05) is 26.5 Å². The Bertz CT molecular complexity index is 1160. The zero-order valence-corrected chi connectivity index (χ0v) is 22.7. The summed E-state index contributed by atoms with van der Waals surface area (Å²) in [7, 11) is -2.03. The third-order valence-corrected chi connectivity index (χ3v) is 6.67. The van der Waals surface area contributed by atoms with Crippen LogP contribution in [0.2, 0.25) is 0 Å². The van der Waals surface area contributed by atoms with Gasteiger partial charge in [0.1, 0.15) is 5.76 Å². The van der Waals surface area contributed by atoms with E-state index in [9.17, 15) is 8.42 Å². The molecule has 2 heterocycles. The van der Waals surface area contributed by atoms with E-state index in [4.69, 9.17) is 8.92 Å². The van der Waals surface area contributed by atoms with E-state index in [2.05, 4.69) is 61.6 Å². The van der Waals surface area contributed by atoms with Crippen LogP contribution in [0.5, 0.6) is 5.88 Å². The predicted molar refractivity (Wildman–Crippen MR) is 141 cm³/mol. The first kappa shape index (κ1) is 27.0. The lowest BCUT2D eigenvalue weighted by Gasteiger charge is -2.26. The van der Waals surface area contributed by atoms with E-state index in [1.54, 1.807) is 7.11 Å². The number of methoxy groups -OCH3 is 1. The number of rotatable bonds is 10. The Labute approximate surface area is 210 Å². The van der Waals surface area contributed by atoms with E-state index in [1.165, 1.54) is 5.56 Å². The van der Waals surface area contributed by atoms with Crippen LogP contribution in [0.4, 0.5) is 0 Å². The summed E-state index contributed by atoms with van der Waals surface area (Å²) in [6.07, 6.45) is 7.96. The molecule has 35 heavy (non-hydrogen) atoms. The molecule has 1 atom stereocenters. The molecular formula is C27H39N3O4S. The van der Waals surface area contributed by atoms with Gasteiger partial charge < -0.3 is 8.92 Å². The minimum atomic E-state index is -3.64. The summed E-state index contributed by atoms with van der Waals surface area (Å²) in [5.41, 5.74) is 4.27. The van der Waals surface area contributed by atoms with Crippen LogP contribution in [-0.4, -0.2) is 49.6 Å². The number of allylic oxidation sites excluding steroid dienone is 1. The first-order valence-corrected chi connectivity index (χ1v) is 13.9. The number of benzene rings is 1. The van der Waals surface area contributed by atoms with Crippen molar-refractivity contribution in [2.45, 2.75) is 59.5 Å². The van der Waals surface area contributed by atoms with Crippen molar-refractivity contribution in [2.24, 2.45) is 5.41 Å². The Morgan fingerprint density at radius 2 is 1.91 bits per heavy atom. The van der Waals surface area contributed by atoms with Gasteiger partial charge in [0.15, 0.2) is 0 Å². The molecule has 1 aliphatic heterocycles. The van der Waals surface area contributed by atoms with Gasteiger partial charge in [-0.1, -0.05) is 57.7 Å². The summed E-state index contributed by atoms with van der Waals surface area (Å²) in [5.74, 6) is 0.811. The number of aromatic nitrogens is 2. The summed E-state index contributed by atoms with van der Waals surface area (Å²) in [4.78, 5) is 2.49. The van der Waals surface area contributed by atoms with E-state index in [-0.39, 0.29) is 11.3 Å². The molecule has 0 amide bonds. The quantitative estimate of drug-likeness (QED) is 0.255. The lowest BCUT2D eigenvalue weighted by atomic mass is 9.89. The van der Waals surface area contributed by atoms with Gasteiger partial charge in [0.25, 0.3) is 5.88 Å². The molecule has 192 valence electrons.